The normalized spacial score (nSPS) is 17.0. The molecule has 21 heavy (non-hydrogen) atoms. The maximum Gasteiger partial charge on any atom is 0.177 e. The fourth-order valence-corrected chi connectivity index (χ4v) is 3.40. The summed E-state index contributed by atoms with van der Waals surface area (Å²) in [5.74, 6) is 0.266. The van der Waals surface area contributed by atoms with Crippen LogP contribution in [0.2, 0.25) is 0 Å². The molecule has 1 saturated carbocycles. The van der Waals surface area contributed by atoms with Crippen LogP contribution in [0.4, 0.5) is 0 Å². The van der Waals surface area contributed by atoms with Crippen LogP contribution in [0.1, 0.15) is 65.6 Å². The number of nitrogens with zero attached hydrogens (tertiary/aromatic N) is 1. The van der Waals surface area contributed by atoms with Crippen molar-refractivity contribution in [3.05, 3.63) is 34.4 Å². The number of rotatable bonds is 4. The molecule has 2 heteroatoms. The molecule has 2 nitrogen and oxygen atoms in total. The highest BCUT2D eigenvalue weighted by Crippen LogP contribution is 2.22. The molecule has 0 aliphatic heterocycles. The zero-order valence-corrected chi connectivity index (χ0v) is 14.0. The molecule has 1 aromatic carbocycles. The van der Waals surface area contributed by atoms with Crippen LogP contribution in [-0.4, -0.2) is 30.3 Å². The fourth-order valence-electron chi connectivity index (χ4n) is 3.40. The molecule has 0 aromatic heterocycles. The number of ketones is 1. The number of carbonyl (C=O) groups excluding carboxylic acids is 1. The van der Waals surface area contributed by atoms with Crippen LogP contribution in [0.3, 0.4) is 0 Å². The van der Waals surface area contributed by atoms with E-state index in [2.05, 4.69) is 37.9 Å². The van der Waals surface area contributed by atoms with Crippen LogP contribution in [0.25, 0.3) is 0 Å². The molecule has 2 rings (SSSR count). The number of benzene rings is 1. The highest BCUT2D eigenvalue weighted by molar-refractivity contribution is 5.99. The molecule has 0 atom stereocenters. The van der Waals surface area contributed by atoms with Crippen molar-refractivity contribution in [3.63, 3.8) is 0 Å². The number of likely N-dealkylation sites (N-methyl/N-ethyl adjacent to an activating group) is 1. The van der Waals surface area contributed by atoms with Crippen LogP contribution < -0.4 is 0 Å². The summed E-state index contributed by atoms with van der Waals surface area (Å²) >= 11 is 0. The third kappa shape index (κ3) is 4.16. The fraction of sp³-hybridized carbons (Fsp3) is 0.632. The molecular formula is C19H29NO. The van der Waals surface area contributed by atoms with Gasteiger partial charge in [-0.15, -0.1) is 0 Å². The second-order valence-corrected chi connectivity index (χ2v) is 6.74. The van der Waals surface area contributed by atoms with E-state index in [0.717, 1.165) is 11.1 Å². The largest absolute Gasteiger partial charge is 0.296 e. The van der Waals surface area contributed by atoms with Gasteiger partial charge < -0.3 is 0 Å². The zero-order valence-electron chi connectivity index (χ0n) is 14.0. The SMILES string of the molecule is Cc1cc(C)c(C(=O)CN(C)C2CCCCCC2)cc1C. The summed E-state index contributed by atoms with van der Waals surface area (Å²) < 4.78 is 0. The summed E-state index contributed by atoms with van der Waals surface area (Å²) in [5.41, 5.74) is 4.48. The molecule has 0 heterocycles. The van der Waals surface area contributed by atoms with Gasteiger partial charge in [0.2, 0.25) is 0 Å². The van der Waals surface area contributed by atoms with Crippen molar-refractivity contribution < 1.29 is 4.79 Å². The lowest BCUT2D eigenvalue weighted by Crippen LogP contribution is -2.35. The van der Waals surface area contributed by atoms with Gasteiger partial charge in [0.1, 0.15) is 0 Å². The van der Waals surface area contributed by atoms with Crippen molar-refractivity contribution in [2.24, 2.45) is 0 Å². The third-order valence-electron chi connectivity index (χ3n) is 4.98. The monoisotopic (exact) mass is 287 g/mol. The molecule has 116 valence electrons. The van der Waals surface area contributed by atoms with E-state index in [1.807, 2.05) is 6.92 Å². The third-order valence-corrected chi connectivity index (χ3v) is 4.98. The summed E-state index contributed by atoms with van der Waals surface area (Å²) in [6.45, 7) is 6.79. The molecule has 0 saturated heterocycles. The zero-order chi connectivity index (χ0) is 15.4. The predicted molar refractivity (Wildman–Crippen MR) is 89.1 cm³/mol. The summed E-state index contributed by atoms with van der Waals surface area (Å²) in [6, 6.07) is 4.78. The van der Waals surface area contributed by atoms with Crippen molar-refractivity contribution in [3.8, 4) is 0 Å². The summed E-state index contributed by atoms with van der Waals surface area (Å²) in [4.78, 5) is 14.9. The maximum atomic E-state index is 12.6. The Hall–Kier alpha value is -1.15. The Labute approximate surface area is 129 Å². The minimum Gasteiger partial charge on any atom is -0.296 e. The van der Waals surface area contributed by atoms with Gasteiger partial charge in [-0.2, -0.15) is 0 Å². The Morgan fingerprint density at radius 3 is 2.19 bits per heavy atom. The second kappa shape index (κ2) is 7.22. The number of aryl methyl sites for hydroxylation is 3. The van der Waals surface area contributed by atoms with Crippen molar-refractivity contribution in [2.45, 2.75) is 65.3 Å². The van der Waals surface area contributed by atoms with Crippen LogP contribution in [0.15, 0.2) is 12.1 Å². The number of hydrogen-bond acceptors (Lipinski definition) is 2. The molecule has 0 amide bonds. The lowest BCUT2D eigenvalue weighted by Gasteiger charge is -2.26. The topological polar surface area (TPSA) is 20.3 Å². The van der Waals surface area contributed by atoms with E-state index in [1.165, 1.54) is 49.7 Å². The van der Waals surface area contributed by atoms with Gasteiger partial charge in [0.25, 0.3) is 0 Å². The molecule has 0 N–H and O–H groups in total. The Balaban J connectivity index is 2.05. The van der Waals surface area contributed by atoms with Crippen molar-refractivity contribution >= 4 is 5.78 Å². The molecule has 0 spiro atoms. The molecule has 1 fully saturated rings. The van der Waals surface area contributed by atoms with E-state index < -0.39 is 0 Å². The summed E-state index contributed by atoms with van der Waals surface area (Å²) in [6.07, 6.45) is 7.83. The minimum absolute atomic E-state index is 0.266. The lowest BCUT2D eigenvalue weighted by atomic mass is 9.97. The van der Waals surface area contributed by atoms with Crippen LogP contribution in [-0.2, 0) is 0 Å². The molecule has 1 aliphatic rings. The molecular weight excluding hydrogens is 258 g/mol. The molecule has 1 aliphatic carbocycles. The van der Waals surface area contributed by atoms with Gasteiger partial charge in [0, 0.05) is 11.6 Å². The first kappa shape index (κ1) is 16.2. The van der Waals surface area contributed by atoms with Crippen molar-refractivity contribution in [1.82, 2.24) is 4.90 Å². The standard InChI is InChI=1S/C19H29NO/c1-14-11-16(3)18(12-15(14)2)19(21)13-20(4)17-9-7-5-6-8-10-17/h11-12,17H,5-10,13H2,1-4H3. The van der Waals surface area contributed by atoms with Gasteiger partial charge in [-0.1, -0.05) is 31.7 Å². The van der Waals surface area contributed by atoms with E-state index in [-0.39, 0.29) is 5.78 Å². The van der Waals surface area contributed by atoms with E-state index >= 15 is 0 Å². The first-order valence-electron chi connectivity index (χ1n) is 8.30. The predicted octanol–water partition coefficient (Wildman–Crippen LogP) is 4.45. The highest BCUT2D eigenvalue weighted by Gasteiger charge is 2.20. The molecule has 0 radical (unpaired) electrons. The van der Waals surface area contributed by atoms with Gasteiger partial charge in [0.05, 0.1) is 6.54 Å². The highest BCUT2D eigenvalue weighted by atomic mass is 16.1. The maximum absolute atomic E-state index is 12.6. The Morgan fingerprint density at radius 2 is 1.57 bits per heavy atom. The first-order chi connectivity index (χ1) is 9.99. The summed E-state index contributed by atoms with van der Waals surface area (Å²) in [5, 5.41) is 0. The van der Waals surface area contributed by atoms with E-state index in [0.29, 0.717) is 12.6 Å². The van der Waals surface area contributed by atoms with Gasteiger partial charge in [-0.3, -0.25) is 9.69 Å². The molecule has 0 unspecified atom stereocenters. The summed E-state index contributed by atoms with van der Waals surface area (Å²) in [7, 11) is 2.12. The van der Waals surface area contributed by atoms with Gasteiger partial charge >= 0.3 is 0 Å². The Morgan fingerprint density at radius 1 is 1.00 bits per heavy atom. The average Bonchev–Trinajstić information content (AvgIpc) is 2.71. The average molecular weight is 287 g/mol. The first-order valence-corrected chi connectivity index (χ1v) is 8.30. The Kier molecular flexibility index (Phi) is 5.58. The molecule has 0 bridgehead atoms. The second-order valence-electron chi connectivity index (χ2n) is 6.74. The number of carbonyl (C=O) groups is 1. The number of hydrogen-bond donors (Lipinski definition) is 0. The molecule has 1 aromatic rings. The van der Waals surface area contributed by atoms with E-state index in [1.54, 1.807) is 0 Å². The van der Waals surface area contributed by atoms with Crippen LogP contribution >= 0.6 is 0 Å². The van der Waals surface area contributed by atoms with Crippen LogP contribution in [0, 0.1) is 20.8 Å². The van der Waals surface area contributed by atoms with Gasteiger partial charge in [-0.05, 0) is 63.4 Å². The van der Waals surface area contributed by atoms with Crippen LogP contribution in [0.5, 0.6) is 0 Å². The van der Waals surface area contributed by atoms with Gasteiger partial charge in [0.15, 0.2) is 5.78 Å². The van der Waals surface area contributed by atoms with E-state index in [4.69, 9.17) is 0 Å². The lowest BCUT2D eigenvalue weighted by molar-refractivity contribution is 0.0911. The van der Waals surface area contributed by atoms with E-state index in [9.17, 15) is 4.79 Å². The Bertz CT molecular complexity index is 499. The smallest absolute Gasteiger partial charge is 0.177 e. The quantitative estimate of drug-likeness (QED) is 0.602. The minimum atomic E-state index is 0.266. The van der Waals surface area contributed by atoms with Gasteiger partial charge in [-0.25, -0.2) is 0 Å². The number of Topliss-reactive ketones (excluding diaryl/α,β-unsaturated/α-hetero) is 1. The van der Waals surface area contributed by atoms with Crippen molar-refractivity contribution in [2.75, 3.05) is 13.6 Å². The van der Waals surface area contributed by atoms with Crippen molar-refractivity contribution in [1.29, 1.82) is 0 Å².